The quantitative estimate of drug-likeness (QED) is 0.661. The van der Waals surface area contributed by atoms with Gasteiger partial charge in [0.05, 0.1) is 10.2 Å². The Morgan fingerprint density at radius 1 is 1.36 bits per heavy atom. The van der Waals surface area contributed by atoms with Crippen LogP contribution < -0.4 is 5.73 Å². The lowest BCUT2D eigenvalue weighted by atomic mass is 10.3. The van der Waals surface area contributed by atoms with Crippen LogP contribution in [0.25, 0.3) is 10.2 Å². The summed E-state index contributed by atoms with van der Waals surface area (Å²) in [5.41, 5.74) is 6.51. The first-order valence-corrected chi connectivity index (χ1v) is 7.39. The lowest BCUT2D eigenvalue weighted by molar-refractivity contribution is 1.16. The number of rotatable bonds is 4. The molecule has 1 heterocycles. The molecule has 2 aromatic rings. The standard InChI is InChI=1S/C9H10N2S3/c10-5-6-12-14-9-11-7-3-1-2-4-8(7)13-9/h1-4H,5-6,10H2. The minimum Gasteiger partial charge on any atom is -0.330 e. The van der Waals surface area contributed by atoms with Gasteiger partial charge in [-0.1, -0.05) is 22.9 Å². The van der Waals surface area contributed by atoms with E-state index in [0.717, 1.165) is 22.2 Å². The van der Waals surface area contributed by atoms with Gasteiger partial charge >= 0.3 is 0 Å². The van der Waals surface area contributed by atoms with E-state index in [1.165, 1.54) is 4.70 Å². The lowest BCUT2D eigenvalue weighted by Gasteiger charge is -1.92. The van der Waals surface area contributed by atoms with E-state index in [1.54, 1.807) is 32.9 Å². The minimum absolute atomic E-state index is 0.725. The molecule has 0 spiro atoms. The molecule has 14 heavy (non-hydrogen) atoms. The highest BCUT2D eigenvalue weighted by Crippen LogP contribution is 2.36. The van der Waals surface area contributed by atoms with Gasteiger partial charge in [-0.3, -0.25) is 0 Å². The van der Waals surface area contributed by atoms with Crippen molar-refractivity contribution in [3.63, 3.8) is 0 Å². The molecule has 0 fully saturated rings. The summed E-state index contributed by atoms with van der Waals surface area (Å²) in [6.07, 6.45) is 0. The van der Waals surface area contributed by atoms with E-state index in [4.69, 9.17) is 5.73 Å². The van der Waals surface area contributed by atoms with Gasteiger partial charge in [0.2, 0.25) is 0 Å². The second-order valence-electron chi connectivity index (χ2n) is 2.64. The number of hydrogen-bond donors (Lipinski definition) is 1. The van der Waals surface area contributed by atoms with Gasteiger partial charge in [-0.05, 0) is 22.9 Å². The zero-order valence-corrected chi connectivity index (χ0v) is 9.92. The van der Waals surface area contributed by atoms with Crippen LogP contribution in [0.1, 0.15) is 0 Å². The number of nitrogens with two attached hydrogens (primary N) is 1. The molecule has 0 atom stereocenters. The molecule has 2 N–H and O–H groups in total. The first kappa shape index (κ1) is 10.3. The SMILES string of the molecule is NCCSSc1nc2ccccc2s1. The number of nitrogens with zero attached hydrogens (tertiary/aromatic N) is 1. The van der Waals surface area contributed by atoms with Gasteiger partial charge in [-0.15, -0.1) is 11.3 Å². The van der Waals surface area contributed by atoms with Crippen LogP contribution in [-0.2, 0) is 0 Å². The zero-order chi connectivity index (χ0) is 9.80. The summed E-state index contributed by atoms with van der Waals surface area (Å²) in [6, 6.07) is 8.21. The van der Waals surface area contributed by atoms with Crippen LogP contribution in [-0.4, -0.2) is 17.3 Å². The summed E-state index contributed by atoms with van der Waals surface area (Å²) in [5, 5.41) is 0. The number of hydrogen-bond acceptors (Lipinski definition) is 5. The van der Waals surface area contributed by atoms with Crippen molar-refractivity contribution in [2.24, 2.45) is 5.73 Å². The Kier molecular flexibility index (Phi) is 3.69. The van der Waals surface area contributed by atoms with Crippen molar-refractivity contribution in [2.75, 3.05) is 12.3 Å². The van der Waals surface area contributed by atoms with Crippen LogP contribution >= 0.6 is 32.9 Å². The lowest BCUT2D eigenvalue weighted by Crippen LogP contribution is -1.99. The number of benzene rings is 1. The number of fused-ring (bicyclic) bond motifs is 1. The fourth-order valence-corrected chi connectivity index (χ4v) is 4.24. The Balaban J connectivity index is 2.11. The summed E-state index contributed by atoms with van der Waals surface area (Å²) >= 11 is 1.74. The van der Waals surface area contributed by atoms with Crippen LogP contribution in [0, 0.1) is 0 Å². The van der Waals surface area contributed by atoms with Gasteiger partial charge in [0, 0.05) is 12.3 Å². The summed E-state index contributed by atoms with van der Waals surface area (Å²) in [4.78, 5) is 4.50. The third-order valence-corrected chi connectivity index (χ3v) is 5.33. The molecule has 1 aromatic heterocycles. The molecule has 0 bridgehead atoms. The maximum absolute atomic E-state index is 5.42. The average molecular weight is 242 g/mol. The maximum Gasteiger partial charge on any atom is 0.161 e. The van der Waals surface area contributed by atoms with Crippen LogP contribution in [0.5, 0.6) is 0 Å². The molecule has 0 aliphatic carbocycles. The third kappa shape index (κ3) is 2.42. The van der Waals surface area contributed by atoms with Gasteiger partial charge in [-0.25, -0.2) is 4.98 Å². The van der Waals surface area contributed by atoms with E-state index in [2.05, 4.69) is 11.1 Å². The van der Waals surface area contributed by atoms with Crippen LogP contribution in [0.15, 0.2) is 28.6 Å². The monoisotopic (exact) mass is 242 g/mol. The molecule has 0 radical (unpaired) electrons. The van der Waals surface area contributed by atoms with Gasteiger partial charge in [0.15, 0.2) is 4.34 Å². The number of aromatic nitrogens is 1. The van der Waals surface area contributed by atoms with E-state index in [9.17, 15) is 0 Å². The predicted molar refractivity (Wildman–Crippen MR) is 67.0 cm³/mol. The Morgan fingerprint density at radius 2 is 2.21 bits per heavy atom. The van der Waals surface area contributed by atoms with Gasteiger partial charge in [0.25, 0.3) is 0 Å². The minimum atomic E-state index is 0.725. The molecule has 5 heteroatoms. The fourth-order valence-electron chi connectivity index (χ4n) is 1.03. The van der Waals surface area contributed by atoms with Crippen molar-refractivity contribution in [1.82, 2.24) is 4.98 Å². The summed E-state index contributed by atoms with van der Waals surface area (Å²) < 4.78 is 2.37. The van der Waals surface area contributed by atoms with E-state index < -0.39 is 0 Å². The smallest absolute Gasteiger partial charge is 0.161 e. The van der Waals surface area contributed by atoms with Crippen LogP contribution in [0.3, 0.4) is 0 Å². The molecule has 74 valence electrons. The number of thiazole rings is 1. The Hall–Kier alpha value is -0.230. The van der Waals surface area contributed by atoms with Crippen molar-refractivity contribution in [1.29, 1.82) is 0 Å². The number of para-hydroxylation sites is 1. The molecular weight excluding hydrogens is 232 g/mol. The van der Waals surface area contributed by atoms with Crippen molar-refractivity contribution in [2.45, 2.75) is 4.34 Å². The largest absolute Gasteiger partial charge is 0.330 e. The second kappa shape index (κ2) is 5.02. The molecule has 0 unspecified atom stereocenters. The Bertz CT molecular complexity index is 380. The van der Waals surface area contributed by atoms with Crippen molar-refractivity contribution < 1.29 is 0 Å². The summed E-state index contributed by atoms with van der Waals surface area (Å²) in [5.74, 6) is 0.973. The normalized spacial score (nSPS) is 10.9. The highest BCUT2D eigenvalue weighted by Gasteiger charge is 2.02. The van der Waals surface area contributed by atoms with E-state index in [0.29, 0.717) is 0 Å². The summed E-state index contributed by atoms with van der Waals surface area (Å²) in [7, 11) is 3.48. The topological polar surface area (TPSA) is 38.9 Å². The van der Waals surface area contributed by atoms with Crippen molar-refractivity contribution in [3.05, 3.63) is 24.3 Å². The van der Waals surface area contributed by atoms with Crippen molar-refractivity contribution >= 4 is 43.1 Å². The van der Waals surface area contributed by atoms with Gasteiger partial charge in [-0.2, -0.15) is 0 Å². The molecule has 0 aliphatic rings. The molecular formula is C9H10N2S3. The zero-order valence-electron chi connectivity index (χ0n) is 7.47. The highest BCUT2D eigenvalue weighted by atomic mass is 33.1. The summed E-state index contributed by atoms with van der Waals surface area (Å²) in [6.45, 7) is 0.725. The van der Waals surface area contributed by atoms with E-state index in [-0.39, 0.29) is 0 Å². The highest BCUT2D eigenvalue weighted by molar-refractivity contribution is 8.77. The third-order valence-electron chi connectivity index (χ3n) is 1.61. The molecule has 1 aromatic carbocycles. The Morgan fingerprint density at radius 3 is 3.00 bits per heavy atom. The molecule has 2 nitrogen and oxygen atoms in total. The van der Waals surface area contributed by atoms with Crippen molar-refractivity contribution in [3.8, 4) is 0 Å². The molecule has 0 amide bonds. The van der Waals surface area contributed by atoms with Crippen LogP contribution in [0.2, 0.25) is 0 Å². The van der Waals surface area contributed by atoms with Gasteiger partial charge < -0.3 is 5.73 Å². The average Bonchev–Trinajstić information content (AvgIpc) is 2.60. The predicted octanol–water partition coefficient (Wildman–Crippen LogP) is 3.00. The molecule has 2 rings (SSSR count). The second-order valence-corrected chi connectivity index (χ2v) is 6.33. The van der Waals surface area contributed by atoms with E-state index >= 15 is 0 Å². The first-order chi connectivity index (χ1) is 6.90. The van der Waals surface area contributed by atoms with E-state index in [1.807, 2.05) is 18.2 Å². The van der Waals surface area contributed by atoms with Gasteiger partial charge in [0.1, 0.15) is 0 Å². The fraction of sp³-hybridized carbons (Fsp3) is 0.222. The maximum atomic E-state index is 5.42. The van der Waals surface area contributed by atoms with Crippen LogP contribution in [0.4, 0.5) is 0 Å². The molecule has 0 aliphatic heterocycles. The first-order valence-electron chi connectivity index (χ1n) is 4.25. The molecule has 0 saturated carbocycles. The Labute approximate surface area is 94.7 Å². The molecule has 0 saturated heterocycles.